The highest BCUT2D eigenvalue weighted by Gasteiger charge is 2.81. The first-order valence-corrected chi connectivity index (χ1v) is 14.3. The molecule has 25 heavy (non-hydrogen) atoms. The molecule has 0 N–H and O–H groups in total. The second-order valence-electron chi connectivity index (χ2n) is 6.01. The quantitative estimate of drug-likeness (QED) is 0.352. The summed E-state index contributed by atoms with van der Waals surface area (Å²) in [5.41, 5.74) is 0. The minimum Gasteiger partial charge on any atom is -0.436 e. The highest BCUT2D eigenvalue weighted by Crippen LogP contribution is 2.54. The first kappa shape index (κ1) is 24.9. The van der Waals surface area contributed by atoms with Crippen molar-refractivity contribution in [1.29, 1.82) is 0 Å². The molecule has 0 saturated carbocycles. The van der Waals surface area contributed by atoms with E-state index in [1.165, 1.54) is 6.55 Å². The first-order chi connectivity index (χ1) is 10.8. The lowest BCUT2D eigenvalue weighted by Crippen LogP contribution is -2.61. The molecule has 0 unspecified atom stereocenters. The van der Waals surface area contributed by atoms with Crippen molar-refractivity contribution < 1.29 is 47.7 Å². The van der Waals surface area contributed by atoms with Crippen LogP contribution in [0, 0.1) is 0 Å². The summed E-state index contributed by atoms with van der Waals surface area (Å²) < 4.78 is 127. The summed E-state index contributed by atoms with van der Waals surface area (Å²) >= 11 is 0. The van der Waals surface area contributed by atoms with Crippen LogP contribution in [0.4, 0.5) is 39.5 Å². The van der Waals surface area contributed by atoms with Crippen molar-refractivity contribution in [1.82, 2.24) is 0 Å². The number of hydrogen-bond donors (Lipinski definition) is 0. The number of halogens is 9. The van der Waals surface area contributed by atoms with Gasteiger partial charge in [-0.1, -0.05) is 0 Å². The highest BCUT2D eigenvalue weighted by molar-refractivity contribution is 6.79. The predicted octanol–water partition coefficient (Wildman–Crippen LogP) is 5.45. The molecule has 0 aliphatic rings. The lowest BCUT2D eigenvalue weighted by molar-refractivity contribution is -0.396. The fraction of sp³-hybridized carbons (Fsp3) is 1.00. The topological polar surface area (TPSA) is 18.5 Å². The summed E-state index contributed by atoms with van der Waals surface area (Å²) in [7, 11) is -6.41. The maximum atomic E-state index is 13.6. The fourth-order valence-corrected chi connectivity index (χ4v) is 11.0. The van der Waals surface area contributed by atoms with Gasteiger partial charge in [-0.3, -0.25) is 0 Å². The molecule has 150 valence electrons. The van der Waals surface area contributed by atoms with Crippen LogP contribution in [0.2, 0.25) is 38.8 Å². The minimum atomic E-state index is -6.86. The lowest BCUT2D eigenvalue weighted by atomic mass is 10.0. The van der Waals surface area contributed by atoms with E-state index in [-0.39, 0.29) is 0 Å². The van der Waals surface area contributed by atoms with Crippen molar-refractivity contribution in [2.75, 3.05) is 0 Å². The maximum Gasteiger partial charge on any atom is 0.460 e. The summed E-state index contributed by atoms with van der Waals surface area (Å²) in [5, 5.41) is 0. The van der Waals surface area contributed by atoms with Crippen molar-refractivity contribution in [3.8, 4) is 0 Å². The van der Waals surface area contributed by atoms with Crippen molar-refractivity contribution in [2.24, 2.45) is 0 Å². The van der Waals surface area contributed by atoms with E-state index in [9.17, 15) is 39.5 Å². The Balaban J connectivity index is 5.46. The van der Waals surface area contributed by atoms with Gasteiger partial charge in [-0.05, 0) is 38.8 Å². The molecule has 0 aliphatic carbocycles. The summed E-state index contributed by atoms with van der Waals surface area (Å²) in [5.74, 6) is -19.0. The minimum absolute atomic E-state index is 0.838. The molecule has 0 bridgehead atoms. The standard InChI is InChI=1S/C11H19F9O2Si3/c1-23(2)21-25(5,22-24(3)4)7-6-8(12,13)9(14,15)10(16,17)11(18,19)20/h6-7H2,1-5H3. The van der Waals surface area contributed by atoms with E-state index >= 15 is 0 Å². The molecule has 0 amide bonds. The lowest BCUT2D eigenvalue weighted by Gasteiger charge is -2.36. The molecule has 2 nitrogen and oxygen atoms in total. The van der Waals surface area contributed by atoms with E-state index in [1.54, 1.807) is 26.2 Å². The van der Waals surface area contributed by atoms with E-state index in [4.69, 9.17) is 8.23 Å². The van der Waals surface area contributed by atoms with Gasteiger partial charge in [0.1, 0.15) is 0 Å². The van der Waals surface area contributed by atoms with Gasteiger partial charge in [0.25, 0.3) is 0 Å². The SMILES string of the molecule is C[Si](C)O[Si](C)(CCC(F)(F)C(F)(F)C(F)(F)C(F)(F)F)O[Si](C)C. The van der Waals surface area contributed by atoms with Gasteiger partial charge in [0.05, 0.1) is 0 Å². The van der Waals surface area contributed by atoms with E-state index in [0.717, 1.165) is 0 Å². The molecule has 0 aromatic carbocycles. The highest BCUT2D eigenvalue weighted by atomic mass is 28.5. The number of rotatable bonds is 9. The van der Waals surface area contributed by atoms with Crippen LogP contribution in [-0.4, -0.2) is 50.6 Å². The Morgan fingerprint density at radius 1 is 0.720 bits per heavy atom. The van der Waals surface area contributed by atoms with Crippen LogP contribution in [0.3, 0.4) is 0 Å². The Morgan fingerprint density at radius 2 is 1.08 bits per heavy atom. The van der Waals surface area contributed by atoms with Crippen molar-refractivity contribution >= 4 is 26.6 Å². The van der Waals surface area contributed by atoms with Gasteiger partial charge in [-0.2, -0.15) is 39.5 Å². The molecule has 0 rings (SSSR count). The van der Waals surface area contributed by atoms with Gasteiger partial charge in [0, 0.05) is 6.42 Å². The molecule has 0 spiro atoms. The zero-order chi connectivity index (χ0) is 20.5. The molecule has 0 saturated heterocycles. The van der Waals surface area contributed by atoms with Crippen molar-refractivity contribution in [2.45, 2.75) is 69.1 Å². The first-order valence-electron chi connectivity index (χ1n) is 6.97. The van der Waals surface area contributed by atoms with Crippen LogP contribution in [0.1, 0.15) is 6.42 Å². The van der Waals surface area contributed by atoms with Crippen molar-refractivity contribution in [3.05, 3.63) is 0 Å². The zero-order valence-electron chi connectivity index (χ0n) is 14.1. The largest absolute Gasteiger partial charge is 0.460 e. The van der Waals surface area contributed by atoms with E-state index in [1.807, 2.05) is 0 Å². The van der Waals surface area contributed by atoms with Gasteiger partial charge >= 0.3 is 32.5 Å². The fourth-order valence-electron chi connectivity index (χ4n) is 1.94. The Hall–Kier alpha value is -0.0594. The van der Waals surface area contributed by atoms with Gasteiger partial charge in [-0.25, -0.2) is 0 Å². The maximum absolute atomic E-state index is 13.6. The Bertz CT molecular complexity index is 431. The average Bonchev–Trinajstić information content (AvgIpc) is 2.32. The van der Waals surface area contributed by atoms with Gasteiger partial charge < -0.3 is 8.23 Å². The van der Waals surface area contributed by atoms with Gasteiger partial charge in [-0.15, -0.1) is 0 Å². The smallest absolute Gasteiger partial charge is 0.436 e. The Labute approximate surface area is 144 Å². The van der Waals surface area contributed by atoms with Gasteiger partial charge in [0.2, 0.25) is 0 Å². The second-order valence-corrected chi connectivity index (χ2v) is 14.0. The molecule has 0 aliphatic heterocycles. The molecule has 0 heterocycles. The Kier molecular flexibility index (Phi) is 7.88. The third kappa shape index (κ3) is 5.97. The van der Waals surface area contributed by atoms with Crippen LogP contribution in [0.15, 0.2) is 0 Å². The monoisotopic (exact) mass is 438 g/mol. The van der Waals surface area contributed by atoms with E-state index in [2.05, 4.69) is 0 Å². The van der Waals surface area contributed by atoms with E-state index < -0.39 is 63.1 Å². The molecule has 0 fully saturated rings. The molecule has 0 atom stereocenters. The van der Waals surface area contributed by atoms with Gasteiger partial charge in [0.15, 0.2) is 18.1 Å². The Morgan fingerprint density at radius 3 is 1.36 bits per heavy atom. The summed E-state index contributed by atoms with van der Waals surface area (Å²) in [6, 6.07) is -0.838. The van der Waals surface area contributed by atoms with E-state index in [0.29, 0.717) is 0 Å². The number of hydrogen-bond acceptors (Lipinski definition) is 2. The zero-order valence-corrected chi connectivity index (χ0v) is 17.1. The third-order valence-electron chi connectivity index (χ3n) is 2.94. The number of alkyl halides is 9. The summed E-state index contributed by atoms with van der Waals surface area (Å²) in [4.78, 5) is 0. The van der Waals surface area contributed by atoms with Crippen LogP contribution < -0.4 is 0 Å². The second kappa shape index (κ2) is 7.90. The molecule has 14 heteroatoms. The molecular weight excluding hydrogens is 419 g/mol. The molecule has 0 aromatic heterocycles. The van der Waals surface area contributed by atoms with Crippen LogP contribution in [-0.2, 0) is 8.23 Å². The third-order valence-corrected chi connectivity index (χ3v) is 10.8. The van der Waals surface area contributed by atoms with Crippen LogP contribution in [0.25, 0.3) is 0 Å². The van der Waals surface area contributed by atoms with Crippen molar-refractivity contribution in [3.63, 3.8) is 0 Å². The molecular formula is C11H19F9O2Si3. The van der Waals surface area contributed by atoms with Crippen LogP contribution in [0.5, 0.6) is 0 Å². The summed E-state index contributed by atoms with van der Waals surface area (Å²) in [6.07, 6.45) is -8.71. The molecule has 2 radical (unpaired) electrons. The normalized spacial score (nSPS) is 15.4. The van der Waals surface area contributed by atoms with Crippen LogP contribution >= 0.6 is 0 Å². The average molecular weight is 439 g/mol. The molecule has 0 aromatic rings. The predicted molar refractivity (Wildman–Crippen MR) is 79.1 cm³/mol. The summed E-state index contributed by atoms with van der Waals surface area (Å²) in [6.45, 7) is 7.81.